The molecule has 6 aromatic carbocycles. The second-order valence-electron chi connectivity index (χ2n) is 9.53. The number of hydrogen-bond acceptors (Lipinski definition) is 5. The Morgan fingerprint density at radius 2 is 0.950 bits per heavy atom. The van der Waals surface area contributed by atoms with Crippen molar-refractivity contribution in [2.24, 2.45) is 0 Å². The van der Waals surface area contributed by atoms with Gasteiger partial charge >= 0.3 is 0 Å². The van der Waals surface area contributed by atoms with Gasteiger partial charge in [-0.2, -0.15) is 0 Å². The Balaban J connectivity index is 1.69. The molecule has 5 heteroatoms. The van der Waals surface area contributed by atoms with Crippen LogP contribution in [0.2, 0.25) is 0 Å². The third-order valence-electron chi connectivity index (χ3n) is 7.21. The van der Waals surface area contributed by atoms with Crippen LogP contribution in [-0.2, 0) is 0 Å². The second-order valence-corrected chi connectivity index (χ2v) is 9.53. The molecule has 2 N–H and O–H groups in total. The molecule has 0 saturated carbocycles. The molecule has 0 radical (unpaired) electrons. The van der Waals surface area contributed by atoms with E-state index in [9.17, 15) is 24.6 Å². The normalized spacial score (nSPS) is 11.0. The highest BCUT2D eigenvalue weighted by molar-refractivity contribution is 6.23. The van der Waals surface area contributed by atoms with E-state index < -0.39 is 0 Å². The van der Waals surface area contributed by atoms with E-state index in [-0.39, 0.29) is 28.4 Å². The fourth-order valence-electron chi connectivity index (χ4n) is 5.40. The van der Waals surface area contributed by atoms with Gasteiger partial charge in [-0.15, -0.1) is 0 Å². The zero-order valence-corrected chi connectivity index (χ0v) is 21.2. The number of phenolic OH excluding ortho intramolecular Hbond substituents is 2. The van der Waals surface area contributed by atoms with Crippen LogP contribution < -0.4 is 0 Å². The van der Waals surface area contributed by atoms with Crippen molar-refractivity contribution >= 4 is 39.9 Å². The Hall–Kier alpha value is -5.55. The number of carbonyl (C=O) groups is 3. The van der Waals surface area contributed by atoms with Crippen LogP contribution in [0.1, 0.15) is 36.6 Å². The number of carbonyl (C=O) groups excluding carboxylic acids is 3. The topological polar surface area (TPSA) is 91.7 Å². The fraction of sp³-hybridized carbons (Fsp3) is 0. The number of aldehydes is 2. The maximum absolute atomic E-state index is 14.6. The first-order valence-electron chi connectivity index (χ1n) is 12.7. The van der Waals surface area contributed by atoms with E-state index >= 15 is 0 Å². The average Bonchev–Trinajstić information content (AvgIpc) is 2.99. The molecule has 192 valence electrons. The summed E-state index contributed by atoms with van der Waals surface area (Å²) in [4.78, 5) is 38.7. The largest absolute Gasteiger partial charge is 0.508 e. The summed E-state index contributed by atoms with van der Waals surface area (Å²) >= 11 is 0. The molecule has 5 nitrogen and oxygen atoms in total. The fourth-order valence-corrected chi connectivity index (χ4v) is 5.40. The standard InChI is InChI=1S/C35H22O5/c36-19-23-17-25(38)11-15-29(23)33-27-7-3-1-5-21(27)9-13-31(33)35(40)32-14-10-22-6-2-4-8-28(22)34(32)30-16-12-26(39)18-24(30)20-37/h1-20,38-39H. The van der Waals surface area contributed by atoms with Crippen LogP contribution in [0.3, 0.4) is 0 Å². The quantitative estimate of drug-likeness (QED) is 0.174. The molecule has 0 unspecified atom stereocenters. The molecular weight excluding hydrogens is 500 g/mol. The summed E-state index contributed by atoms with van der Waals surface area (Å²) in [6.45, 7) is 0. The highest BCUT2D eigenvalue weighted by Gasteiger charge is 2.24. The number of benzene rings is 6. The van der Waals surface area contributed by atoms with Gasteiger partial charge in [0, 0.05) is 33.4 Å². The molecule has 6 rings (SSSR count). The van der Waals surface area contributed by atoms with Gasteiger partial charge in [-0.1, -0.05) is 60.7 Å². The lowest BCUT2D eigenvalue weighted by Gasteiger charge is -2.18. The summed E-state index contributed by atoms with van der Waals surface area (Å²) in [6.07, 6.45) is 1.33. The minimum absolute atomic E-state index is 0.0514. The van der Waals surface area contributed by atoms with Crippen molar-refractivity contribution < 1.29 is 24.6 Å². The maximum atomic E-state index is 14.6. The average molecular weight is 523 g/mol. The zero-order chi connectivity index (χ0) is 27.8. The van der Waals surface area contributed by atoms with Gasteiger partial charge in [0.15, 0.2) is 18.4 Å². The number of aromatic hydroxyl groups is 2. The van der Waals surface area contributed by atoms with E-state index in [1.165, 1.54) is 24.3 Å². The summed E-state index contributed by atoms with van der Waals surface area (Å²) in [5.41, 5.74) is 3.45. The molecule has 0 amide bonds. The Bertz CT molecular complexity index is 1840. The summed E-state index contributed by atoms with van der Waals surface area (Å²) in [6, 6.07) is 31.5. The number of rotatable bonds is 6. The lowest BCUT2D eigenvalue weighted by molar-refractivity contribution is 0.103. The third-order valence-corrected chi connectivity index (χ3v) is 7.21. The Morgan fingerprint density at radius 1 is 0.525 bits per heavy atom. The van der Waals surface area contributed by atoms with Gasteiger partial charge in [0.1, 0.15) is 11.5 Å². The summed E-state index contributed by atoms with van der Waals surface area (Å²) in [5, 5.41) is 23.4. The van der Waals surface area contributed by atoms with Crippen molar-refractivity contribution in [2.45, 2.75) is 0 Å². The van der Waals surface area contributed by atoms with Crippen LogP contribution in [0, 0.1) is 0 Å². The highest BCUT2D eigenvalue weighted by atomic mass is 16.3. The molecule has 0 aromatic heterocycles. The SMILES string of the molecule is O=Cc1cc(O)ccc1-c1c(C(=O)c2ccc3ccccc3c2-c2ccc(O)cc2C=O)ccc2ccccc12. The Labute approximate surface area is 229 Å². The van der Waals surface area contributed by atoms with Crippen LogP contribution in [0.4, 0.5) is 0 Å². The van der Waals surface area contributed by atoms with Crippen LogP contribution >= 0.6 is 0 Å². The third kappa shape index (κ3) is 4.10. The van der Waals surface area contributed by atoms with E-state index in [1.54, 1.807) is 24.3 Å². The van der Waals surface area contributed by atoms with Crippen LogP contribution in [0.5, 0.6) is 11.5 Å². The van der Waals surface area contributed by atoms with Crippen molar-refractivity contribution in [1.29, 1.82) is 0 Å². The number of fused-ring (bicyclic) bond motifs is 2. The molecule has 40 heavy (non-hydrogen) atoms. The number of ketones is 1. The van der Waals surface area contributed by atoms with E-state index in [1.807, 2.05) is 60.7 Å². The number of hydrogen-bond donors (Lipinski definition) is 2. The molecule has 0 aliphatic heterocycles. The Morgan fingerprint density at radius 3 is 1.38 bits per heavy atom. The maximum Gasteiger partial charge on any atom is 0.194 e. The second kappa shape index (κ2) is 9.97. The smallest absolute Gasteiger partial charge is 0.194 e. The molecule has 0 atom stereocenters. The molecule has 0 aliphatic rings. The van der Waals surface area contributed by atoms with E-state index in [0.717, 1.165) is 21.5 Å². The van der Waals surface area contributed by atoms with Gasteiger partial charge in [0.25, 0.3) is 0 Å². The molecule has 0 fully saturated rings. The lowest BCUT2D eigenvalue weighted by atomic mass is 9.84. The van der Waals surface area contributed by atoms with Gasteiger partial charge < -0.3 is 10.2 Å². The van der Waals surface area contributed by atoms with Gasteiger partial charge in [-0.25, -0.2) is 0 Å². The van der Waals surface area contributed by atoms with Crippen molar-refractivity contribution in [1.82, 2.24) is 0 Å². The van der Waals surface area contributed by atoms with Crippen LogP contribution in [-0.4, -0.2) is 28.6 Å². The van der Waals surface area contributed by atoms with Gasteiger partial charge in [0.05, 0.1) is 0 Å². The van der Waals surface area contributed by atoms with E-state index in [0.29, 0.717) is 46.0 Å². The Kier molecular flexibility index (Phi) is 6.17. The first-order chi connectivity index (χ1) is 19.5. The van der Waals surface area contributed by atoms with Crippen molar-refractivity contribution in [3.05, 3.63) is 131 Å². The minimum atomic E-state index is -0.295. The summed E-state index contributed by atoms with van der Waals surface area (Å²) < 4.78 is 0. The molecule has 6 aromatic rings. The highest BCUT2D eigenvalue weighted by Crippen LogP contribution is 2.40. The molecule has 0 bridgehead atoms. The monoisotopic (exact) mass is 522 g/mol. The van der Waals surface area contributed by atoms with E-state index in [4.69, 9.17) is 0 Å². The van der Waals surface area contributed by atoms with Gasteiger partial charge in [-0.05, 0) is 81.2 Å². The van der Waals surface area contributed by atoms with Crippen molar-refractivity contribution in [2.75, 3.05) is 0 Å². The molecular formula is C35H22O5. The predicted octanol–water partition coefficient (Wildman–Crippen LogP) is 7.59. The number of phenols is 2. The van der Waals surface area contributed by atoms with Crippen molar-refractivity contribution in [3.63, 3.8) is 0 Å². The summed E-state index contributed by atoms with van der Waals surface area (Å²) in [7, 11) is 0. The molecule has 0 aliphatic carbocycles. The molecule has 0 heterocycles. The van der Waals surface area contributed by atoms with Gasteiger partial charge in [-0.3, -0.25) is 14.4 Å². The first kappa shape index (κ1) is 24.8. The predicted molar refractivity (Wildman–Crippen MR) is 156 cm³/mol. The van der Waals surface area contributed by atoms with Crippen LogP contribution in [0.15, 0.2) is 109 Å². The van der Waals surface area contributed by atoms with Gasteiger partial charge in [0.2, 0.25) is 0 Å². The van der Waals surface area contributed by atoms with Crippen molar-refractivity contribution in [3.8, 4) is 33.8 Å². The zero-order valence-electron chi connectivity index (χ0n) is 21.2. The van der Waals surface area contributed by atoms with Crippen LogP contribution in [0.25, 0.3) is 43.8 Å². The van der Waals surface area contributed by atoms with E-state index in [2.05, 4.69) is 0 Å². The summed E-state index contributed by atoms with van der Waals surface area (Å²) in [5.74, 6) is -0.398. The minimum Gasteiger partial charge on any atom is -0.508 e. The lowest BCUT2D eigenvalue weighted by Crippen LogP contribution is -2.08. The molecule has 0 spiro atoms. The molecule has 0 saturated heterocycles. The first-order valence-corrected chi connectivity index (χ1v) is 12.7.